The molecule has 0 atom stereocenters. The highest BCUT2D eigenvalue weighted by atomic mass is 16.7. The summed E-state index contributed by atoms with van der Waals surface area (Å²) in [6.07, 6.45) is 11.2. The topological polar surface area (TPSA) is 55.8 Å². The standard InChI is InChI=1S/C24H36O4/c1-6-7-8-12-21-15-23(26)22(24(16-21)28-17-27-20(5)25)14-13-19(4)11-9-10-18(2)3/h10,13,15-16,26H,6-9,11-12,14,17H2,1-5H3/b19-13+. The Bertz CT molecular complexity index is 682. The number of unbranched alkanes of at least 4 members (excludes halogenated alkanes) is 2. The van der Waals surface area contributed by atoms with Gasteiger partial charge in [-0.25, -0.2) is 0 Å². The average molecular weight is 389 g/mol. The van der Waals surface area contributed by atoms with Crippen molar-refractivity contribution >= 4 is 5.97 Å². The molecule has 1 aromatic rings. The molecule has 0 amide bonds. The normalized spacial score (nSPS) is 11.2. The minimum atomic E-state index is -0.389. The zero-order valence-electron chi connectivity index (χ0n) is 18.1. The molecule has 0 heterocycles. The number of carbonyl (C=O) groups excluding carboxylic acids is 1. The minimum absolute atomic E-state index is 0.149. The summed E-state index contributed by atoms with van der Waals surface area (Å²) < 4.78 is 10.6. The van der Waals surface area contributed by atoms with Gasteiger partial charge in [-0.15, -0.1) is 0 Å². The fraction of sp³-hybridized carbons (Fsp3) is 0.542. The molecule has 0 unspecified atom stereocenters. The summed E-state index contributed by atoms with van der Waals surface area (Å²) in [5.74, 6) is 0.432. The molecule has 0 aliphatic carbocycles. The summed E-state index contributed by atoms with van der Waals surface area (Å²) in [5.41, 5.74) is 4.37. The third kappa shape index (κ3) is 9.63. The summed E-state index contributed by atoms with van der Waals surface area (Å²) in [5, 5.41) is 10.6. The molecular weight excluding hydrogens is 352 g/mol. The molecule has 156 valence electrons. The first kappa shape index (κ1) is 23.8. The van der Waals surface area contributed by atoms with Crippen LogP contribution < -0.4 is 4.74 Å². The van der Waals surface area contributed by atoms with E-state index in [0.717, 1.165) is 49.7 Å². The lowest BCUT2D eigenvalue weighted by atomic mass is 10.0. The van der Waals surface area contributed by atoms with Gasteiger partial charge in [0.05, 0.1) is 0 Å². The van der Waals surface area contributed by atoms with E-state index >= 15 is 0 Å². The highest BCUT2D eigenvalue weighted by Crippen LogP contribution is 2.32. The first-order valence-corrected chi connectivity index (χ1v) is 10.2. The number of aryl methyl sites for hydroxylation is 1. The second-order valence-corrected chi connectivity index (χ2v) is 7.52. The summed E-state index contributed by atoms with van der Waals surface area (Å²) in [6.45, 7) is 9.68. The Balaban J connectivity index is 2.92. The summed E-state index contributed by atoms with van der Waals surface area (Å²) >= 11 is 0. The largest absolute Gasteiger partial charge is 0.508 e. The van der Waals surface area contributed by atoms with Gasteiger partial charge >= 0.3 is 5.97 Å². The third-order valence-electron chi connectivity index (χ3n) is 4.54. The Morgan fingerprint density at radius 2 is 1.86 bits per heavy atom. The number of aromatic hydroxyl groups is 1. The van der Waals surface area contributed by atoms with Crippen molar-refractivity contribution in [3.05, 3.63) is 46.6 Å². The molecule has 4 heteroatoms. The van der Waals surface area contributed by atoms with Crippen LogP contribution in [0.15, 0.2) is 35.4 Å². The lowest BCUT2D eigenvalue weighted by molar-refractivity contribution is -0.147. The summed E-state index contributed by atoms with van der Waals surface area (Å²) in [7, 11) is 0. The molecule has 0 bridgehead atoms. The van der Waals surface area contributed by atoms with Crippen molar-refractivity contribution in [3.63, 3.8) is 0 Å². The molecule has 0 fully saturated rings. The van der Waals surface area contributed by atoms with E-state index in [1.165, 1.54) is 18.1 Å². The van der Waals surface area contributed by atoms with E-state index in [-0.39, 0.29) is 18.5 Å². The second kappa shape index (κ2) is 13.0. The number of rotatable bonds is 12. The number of carbonyl (C=O) groups is 1. The molecule has 0 aromatic heterocycles. The Morgan fingerprint density at radius 1 is 1.11 bits per heavy atom. The molecule has 0 aliphatic heterocycles. The minimum Gasteiger partial charge on any atom is -0.508 e. The SMILES string of the molecule is CCCCCc1cc(O)c(C/C=C(\C)CCC=C(C)C)c(OCOC(C)=O)c1. The maximum absolute atomic E-state index is 11.0. The number of phenolic OH excluding ortho intramolecular Hbond substituents is 1. The molecule has 28 heavy (non-hydrogen) atoms. The number of benzene rings is 1. The highest BCUT2D eigenvalue weighted by Gasteiger charge is 2.12. The smallest absolute Gasteiger partial charge is 0.305 e. The van der Waals surface area contributed by atoms with E-state index in [1.54, 1.807) is 0 Å². The van der Waals surface area contributed by atoms with Crippen molar-refractivity contribution in [2.45, 2.75) is 79.6 Å². The van der Waals surface area contributed by atoms with Crippen molar-refractivity contribution in [2.75, 3.05) is 6.79 Å². The number of ether oxygens (including phenoxy) is 2. The lowest BCUT2D eigenvalue weighted by Crippen LogP contribution is -2.08. The van der Waals surface area contributed by atoms with Crippen LogP contribution in [0.4, 0.5) is 0 Å². The van der Waals surface area contributed by atoms with E-state index in [9.17, 15) is 9.90 Å². The summed E-state index contributed by atoms with van der Waals surface area (Å²) in [4.78, 5) is 11.0. The van der Waals surface area contributed by atoms with Crippen LogP contribution in [0.5, 0.6) is 11.5 Å². The Kier molecular flexibility index (Phi) is 11.1. The molecule has 1 aromatic carbocycles. The van der Waals surface area contributed by atoms with Crippen LogP contribution in [-0.4, -0.2) is 17.9 Å². The monoisotopic (exact) mass is 388 g/mol. The fourth-order valence-corrected chi connectivity index (χ4v) is 2.89. The van der Waals surface area contributed by atoms with Gasteiger partial charge in [0.1, 0.15) is 11.5 Å². The van der Waals surface area contributed by atoms with Gasteiger partial charge in [0, 0.05) is 12.5 Å². The summed E-state index contributed by atoms with van der Waals surface area (Å²) in [6, 6.07) is 3.79. The number of allylic oxidation sites excluding steroid dienone is 4. The number of esters is 1. The molecule has 1 rings (SSSR count). The van der Waals surface area contributed by atoms with Crippen LogP contribution in [0.25, 0.3) is 0 Å². The van der Waals surface area contributed by atoms with Gasteiger partial charge in [0.25, 0.3) is 0 Å². The quantitative estimate of drug-likeness (QED) is 0.199. The van der Waals surface area contributed by atoms with E-state index in [0.29, 0.717) is 12.2 Å². The van der Waals surface area contributed by atoms with E-state index in [1.807, 2.05) is 12.1 Å². The van der Waals surface area contributed by atoms with Crippen LogP contribution in [-0.2, 0) is 22.4 Å². The van der Waals surface area contributed by atoms with Crippen LogP contribution in [0.3, 0.4) is 0 Å². The zero-order chi connectivity index (χ0) is 20.9. The fourth-order valence-electron chi connectivity index (χ4n) is 2.89. The van der Waals surface area contributed by atoms with Gasteiger partial charge in [-0.1, -0.05) is 43.1 Å². The van der Waals surface area contributed by atoms with Crippen molar-refractivity contribution in [1.82, 2.24) is 0 Å². The number of phenols is 1. The Morgan fingerprint density at radius 3 is 2.50 bits per heavy atom. The predicted molar refractivity (Wildman–Crippen MR) is 115 cm³/mol. The average Bonchev–Trinajstić information content (AvgIpc) is 2.60. The van der Waals surface area contributed by atoms with Crippen LogP contribution in [0.2, 0.25) is 0 Å². The molecule has 0 saturated heterocycles. The maximum atomic E-state index is 11.0. The van der Waals surface area contributed by atoms with Crippen molar-refractivity contribution < 1.29 is 19.4 Å². The lowest BCUT2D eigenvalue weighted by Gasteiger charge is -2.14. The van der Waals surface area contributed by atoms with Gasteiger partial charge in [0.2, 0.25) is 6.79 Å². The first-order chi connectivity index (χ1) is 13.3. The van der Waals surface area contributed by atoms with Crippen LogP contribution >= 0.6 is 0 Å². The van der Waals surface area contributed by atoms with Crippen molar-refractivity contribution in [1.29, 1.82) is 0 Å². The van der Waals surface area contributed by atoms with Gasteiger partial charge in [-0.05, 0) is 70.6 Å². The molecule has 1 N–H and O–H groups in total. The molecule has 0 spiro atoms. The molecule has 0 radical (unpaired) electrons. The predicted octanol–water partition coefficient (Wildman–Crippen LogP) is 6.26. The molecule has 0 saturated carbocycles. The molecule has 4 nitrogen and oxygen atoms in total. The first-order valence-electron chi connectivity index (χ1n) is 10.2. The van der Waals surface area contributed by atoms with Gasteiger partial charge < -0.3 is 14.6 Å². The zero-order valence-corrected chi connectivity index (χ0v) is 18.1. The van der Waals surface area contributed by atoms with E-state index in [2.05, 4.69) is 39.8 Å². The van der Waals surface area contributed by atoms with Gasteiger partial charge in [0.15, 0.2) is 0 Å². The second-order valence-electron chi connectivity index (χ2n) is 7.52. The van der Waals surface area contributed by atoms with E-state index in [4.69, 9.17) is 9.47 Å². The maximum Gasteiger partial charge on any atom is 0.305 e. The molecular formula is C24H36O4. The Labute approximate surface area is 170 Å². The molecule has 0 aliphatic rings. The number of hydrogen-bond acceptors (Lipinski definition) is 4. The third-order valence-corrected chi connectivity index (χ3v) is 4.54. The van der Waals surface area contributed by atoms with Crippen molar-refractivity contribution in [3.8, 4) is 11.5 Å². The Hall–Kier alpha value is -2.23. The van der Waals surface area contributed by atoms with Gasteiger partial charge in [-0.2, -0.15) is 0 Å². The highest BCUT2D eigenvalue weighted by molar-refractivity contribution is 5.65. The van der Waals surface area contributed by atoms with Gasteiger partial charge in [-0.3, -0.25) is 4.79 Å². The van der Waals surface area contributed by atoms with E-state index < -0.39 is 0 Å². The van der Waals surface area contributed by atoms with Crippen molar-refractivity contribution in [2.24, 2.45) is 0 Å². The number of hydrogen-bond donors (Lipinski definition) is 1. The van der Waals surface area contributed by atoms with Crippen LogP contribution in [0, 0.1) is 0 Å². The van der Waals surface area contributed by atoms with Crippen LogP contribution in [0.1, 0.15) is 77.8 Å².